The predicted molar refractivity (Wildman–Crippen MR) is 93.6 cm³/mol. The van der Waals surface area contributed by atoms with E-state index >= 15 is 0 Å². The zero-order valence-electron chi connectivity index (χ0n) is 14.3. The monoisotopic (exact) mass is 361 g/mol. The molecular weight excluding hydrogens is 338 g/mol. The van der Waals surface area contributed by atoms with E-state index in [-0.39, 0.29) is 29.5 Å². The minimum absolute atomic E-state index is 0. The third-order valence-electron chi connectivity index (χ3n) is 3.56. The second kappa shape index (κ2) is 10.7. The number of likely N-dealkylation sites (N-methyl/N-ethyl adjacent to an activating group) is 1. The third kappa shape index (κ3) is 5.24. The molecule has 8 nitrogen and oxygen atoms in total. The van der Waals surface area contributed by atoms with Gasteiger partial charge in [0.05, 0.1) is 19.1 Å². The molecule has 0 aromatic heterocycles. The Hall–Kier alpha value is -2.06. The van der Waals surface area contributed by atoms with Crippen LogP contribution >= 0.6 is 12.4 Å². The normalized spacial score (nSPS) is 10.0. The Morgan fingerprint density at radius 3 is 2.21 bits per heavy atom. The highest BCUT2D eigenvalue weighted by atomic mass is 35.5. The van der Waals surface area contributed by atoms with Crippen molar-refractivity contribution in [2.45, 2.75) is 13.8 Å². The molecule has 0 aliphatic heterocycles. The van der Waals surface area contributed by atoms with E-state index in [1.54, 1.807) is 0 Å². The fourth-order valence-corrected chi connectivity index (χ4v) is 2.24. The molecule has 0 saturated carbocycles. The van der Waals surface area contributed by atoms with E-state index < -0.39 is 16.5 Å². The van der Waals surface area contributed by atoms with Crippen LogP contribution in [0.4, 0.5) is 5.69 Å². The first-order chi connectivity index (χ1) is 11.0. The number of nitro benzene ring substituents is 1. The van der Waals surface area contributed by atoms with Crippen molar-refractivity contribution >= 4 is 24.0 Å². The molecule has 0 fully saturated rings. The molecule has 0 atom stereocenters. The summed E-state index contributed by atoms with van der Waals surface area (Å²) in [5.41, 5.74) is -0.524. The van der Waals surface area contributed by atoms with Gasteiger partial charge in [-0.25, -0.2) is 0 Å². The van der Waals surface area contributed by atoms with Gasteiger partial charge in [-0.3, -0.25) is 14.9 Å². The number of nitrogens with one attached hydrogen (secondary N) is 1. The molecule has 0 bridgehead atoms. The van der Waals surface area contributed by atoms with Crippen LogP contribution in [0, 0.1) is 10.1 Å². The van der Waals surface area contributed by atoms with Crippen molar-refractivity contribution in [2.75, 3.05) is 40.4 Å². The smallest absolute Gasteiger partial charge is 0.327 e. The Labute approximate surface area is 147 Å². The summed E-state index contributed by atoms with van der Waals surface area (Å²) in [5, 5.41) is 14.0. The van der Waals surface area contributed by atoms with Crippen molar-refractivity contribution in [2.24, 2.45) is 0 Å². The van der Waals surface area contributed by atoms with Crippen molar-refractivity contribution in [3.05, 3.63) is 27.8 Å². The van der Waals surface area contributed by atoms with Gasteiger partial charge in [0.2, 0.25) is 0 Å². The Bertz CT molecular complexity index is 564. The number of nitrogens with zero attached hydrogens (tertiary/aromatic N) is 2. The van der Waals surface area contributed by atoms with Crippen molar-refractivity contribution < 1.29 is 19.2 Å². The molecule has 0 unspecified atom stereocenters. The molecule has 1 amide bonds. The fourth-order valence-electron chi connectivity index (χ4n) is 2.24. The van der Waals surface area contributed by atoms with E-state index in [1.807, 2.05) is 13.8 Å². The Balaban J connectivity index is 0.00000529. The maximum Gasteiger partial charge on any atom is 0.327 e. The lowest BCUT2D eigenvalue weighted by Crippen LogP contribution is -2.35. The summed E-state index contributed by atoms with van der Waals surface area (Å²) in [5.74, 6) is -0.401. The summed E-state index contributed by atoms with van der Waals surface area (Å²) in [6, 6.07) is 2.88. The van der Waals surface area contributed by atoms with Crippen LogP contribution in [0.25, 0.3) is 0 Å². The third-order valence-corrected chi connectivity index (χ3v) is 3.56. The lowest BCUT2D eigenvalue weighted by Gasteiger charge is -2.18. The van der Waals surface area contributed by atoms with Gasteiger partial charge in [0.25, 0.3) is 5.91 Å². The zero-order valence-corrected chi connectivity index (χ0v) is 15.1. The van der Waals surface area contributed by atoms with Crippen LogP contribution in [0.3, 0.4) is 0 Å². The van der Waals surface area contributed by atoms with Crippen LogP contribution in [-0.4, -0.2) is 56.1 Å². The minimum atomic E-state index is -0.638. The molecule has 1 rings (SSSR count). The van der Waals surface area contributed by atoms with Crippen molar-refractivity contribution in [3.63, 3.8) is 0 Å². The van der Waals surface area contributed by atoms with E-state index in [2.05, 4.69) is 10.2 Å². The van der Waals surface area contributed by atoms with Gasteiger partial charge in [-0.15, -0.1) is 12.4 Å². The van der Waals surface area contributed by atoms with Crippen molar-refractivity contribution in [1.82, 2.24) is 10.2 Å². The molecule has 0 heterocycles. The molecule has 0 radical (unpaired) electrons. The maximum absolute atomic E-state index is 12.4. The summed E-state index contributed by atoms with van der Waals surface area (Å²) in [6.07, 6.45) is 0. The number of carbonyl (C=O) groups is 1. The van der Waals surface area contributed by atoms with E-state index in [4.69, 9.17) is 9.47 Å². The molecule has 1 N–H and O–H groups in total. The first-order valence-electron chi connectivity index (χ1n) is 7.39. The Morgan fingerprint density at radius 1 is 1.21 bits per heavy atom. The van der Waals surface area contributed by atoms with E-state index in [9.17, 15) is 14.9 Å². The van der Waals surface area contributed by atoms with Gasteiger partial charge in [-0.05, 0) is 25.2 Å². The standard InChI is InChI=1S/C15H23N3O5.ClH/c1-5-17(6-2)10-9-16-15(19)13-11(22-3)7-8-12(23-4)14(13)18(20)21;/h7-8H,5-6,9-10H2,1-4H3,(H,16,19);1H. The molecule has 9 heteroatoms. The van der Waals surface area contributed by atoms with Crippen LogP contribution in [-0.2, 0) is 0 Å². The summed E-state index contributed by atoms with van der Waals surface area (Å²) >= 11 is 0. The summed E-state index contributed by atoms with van der Waals surface area (Å²) in [4.78, 5) is 25.2. The first kappa shape index (κ1) is 21.9. The molecule has 0 aliphatic carbocycles. The van der Waals surface area contributed by atoms with Gasteiger partial charge in [0.15, 0.2) is 11.3 Å². The van der Waals surface area contributed by atoms with Crippen LogP contribution in [0.2, 0.25) is 0 Å². The summed E-state index contributed by atoms with van der Waals surface area (Å²) < 4.78 is 10.1. The van der Waals surface area contributed by atoms with Crippen LogP contribution in [0.1, 0.15) is 24.2 Å². The molecule has 0 aliphatic rings. The molecule has 0 saturated heterocycles. The molecule has 136 valence electrons. The first-order valence-corrected chi connectivity index (χ1v) is 7.39. The highest BCUT2D eigenvalue weighted by Crippen LogP contribution is 2.36. The lowest BCUT2D eigenvalue weighted by atomic mass is 10.1. The van der Waals surface area contributed by atoms with E-state index in [0.29, 0.717) is 13.1 Å². The van der Waals surface area contributed by atoms with Crippen molar-refractivity contribution in [1.29, 1.82) is 0 Å². The number of halogens is 1. The number of hydrogen-bond donors (Lipinski definition) is 1. The van der Waals surface area contributed by atoms with Gasteiger partial charge in [-0.1, -0.05) is 13.8 Å². The molecule has 1 aromatic carbocycles. The highest BCUT2D eigenvalue weighted by Gasteiger charge is 2.29. The Kier molecular flexibility index (Phi) is 9.75. The van der Waals surface area contributed by atoms with Crippen LogP contribution in [0.5, 0.6) is 11.5 Å². The summed E-state index contributed by atoms with van der Waals surface area (Å²) in [6.45, 7) is 6.85. The predicted octanol–water partition coefficient (Wildman–Crippen LogP) is 2.11. The second-order valence-electron chi connectivity index (χ2n) is 4.73. The molecular formula is C15H24ClN3O5. The molecule has 0 spiro atoms. The van der Waals surface area contributed by atoms with Gasteiger partial charge in [0.1, 0.15) is 5.75 Å². The summed E-state index contributed by atoms with van der Waals surface area (Å²) in [7, 11) is 2.68. The number of ether oxygens (including phenoxy) is 2. The quantitative estimate of drug-likeness (QED) is 0.534. The lowest BCUT2D eigenvalue weighted by molar-refractivity contribution is -0.386. The zero-order chi connectivity index (χ0) is 17.4. The number of methoxy groups -OCH3 is 2. The number of amides is 1. The van der Waals surface area contributed by atoms with E-state index in [1.165, 1.54) is 26.4 Å². The number of rotatable bonds is 9. The van der Waals surface area contributed by atoms with Gasteiger partial charge in [-0.2, -0.15) is 0 Å². The number of nitro groups is 1. The molecule has 1 aromatic rings. The number of benzene rings is 1. The highest BCUT2D eigenvalue weighted by molar-refractivity contribution is 6.02. The molecule has 24 heavy (non-hydrogen) atoms. The average molecular weight is 362 g/mol. The Morgan fingerprint density at radius 2 is 1.75 bits per heavy atom. The van der Waals surface area contributed by atoms with Crippen molar-refractivity contribution in [3.8, 4) is 11.5 Å². The van der Waals surface area contributed by atoms with Gasteiger partial charge >= 0.3 is 5.69 Å². The minimum Gasteiger partial charge on any atom is -0.496 e. The SMILES string of the molecule is CCN(CC)CCNC(=O)c1c(OC)ccc(OC)c1[N+](=O)[O-].Cl. The maximum atomic E-state index is 12.4. The van der Waals surface area contributed by atoms with E-state index in [0.717, 1.165) is 13.1 Å². The number of hydrogen-bond acceptors (Lipinski definition) is 6. The van der Waals surface area contributed by atoms with Crippen LogP contribution < -0.4 is 14.8 Å². The van der Waals surface area contributed by atoms with Crippen LogP contribution in [0.15, 0.2) is 12.1 Å². The number of carbonyl (C=O) groups excluding carboxylic acids is 1. The van der Waals surface area contributed by atoms with Gasteiger partial charge in [0, 0.05) is 13.1 Å². The second-order valence-corrected chi connectivity index (χ2v) is 4.73. The topological polar surface area (TPSA) is 93.9 Å². The van der Waals surface area contributed by atoms with Gasteiger partial charge < -0.3 is 19.7 Å². The fraction of sp³-hybridized carbons (Fsp3) is 0.533. The average Bonchev–Trinajstić information content (AvgIpc) is 2.56. The largest absolute Gasteiger partial charge is 0.496 e.